The second-order valence-corrected chi connectivity index (χ2v) is 7.34. The summed E-state index contributed by atoms with van der Waals surface area (Å²) in [7, 11) is 0. The fraction of sp³-hybridized carbons (Fsp3) is 0.381. The summed E-state index contributed by atoms with van der Waals surface area (Å²) in [5.41, 5.74) is 5.86. The van der Waals surface area contributed by atoms with Crippen LogP contribution < -0.4 is 15.8 Å². The number of hydrogen-bond donors (Lipinski definition) is 2. The predicted octanol–water partition coefficient (Wildman–Crippen LogP) is 4.97. The van der Waals surface area contributed by atoms with Gasteiger partial charge in [0.2, 0.25) is 5.91 Å². The van der Waals surface area contributed by atoms with E-state index in [9.17, 15) is 4.79 Å². The van der Waals surface area contributed by atoms with E-state index in [0.29, 0.717) is 23.7 Å². The van der Waals surface area contributed by atoms with E-state index in [1.54, 1.807) is 24.3 Å². The third-order valence-electron chi connectivity index (χ3n) is 4.85. The minimum atomic E-state index is -0.487. The number of halogens is 2. The minimum absolute atomic E-state index is 0.0125. The van der Waals surface area contributed by atoms with E-state index in [-0.39, 0.29) is 35.2 Å². The number of hydrogen-bond acceptors (Lipinski definition) is 3. The van der Waals surface area contributed by atoms with Gasteiger partial charge in [0.15, 0.2) is 11.6 Å². The molecular formula is C21H24ClFN2O2. The predicted molar refractivity (Wildman–Crippen MR) is 104 cm³/mol. The first-order valence-electron chi connectivity index (χ1n) is 9.24. The standard InChI is InChI=1S/C21H24ClFN2O2/c1-2-17(25-18(12-19(24)26)13-8-9-13)15-10-11-16(22)21(20(15)23)27-14-6-4-3-5-7-14/h3-7,10-11,13,17-18,25H,2,8-9,12H2,1H3,(H2,24,26)/t17-,18+/m1/s1. The zero-order valence-corrected chi connectivity index (χ0v) is 16.0. The third kappa shape index (κ3) is 4.99. The van der Waals surface area contributed by atoms with Gasteiger partial charge in [0.05, 0.1) is 5.02 Å². The zero-order valence-electron chi connectivity index (χ0n) is 15.3. The molecule has 6 heteroatoms. The summed E-state index contributed by atoms with van der Waals surface area (Å²) in [5.74, 6) is 0.111. The molecule has 0 saturated heterocycles. The number of nitrogens with one attached hydrogen (secondary N) is 1. The van der Waals surface area contributed by atoms with Crippen LogP contribution in [0.5, 0.6) is 11.5 Å². The van der Waals surface area contributed by atoms with Gasteiger partial charge in [0, 0.05) is 24.1 Å². The summed E-state index contributed by atoms with van der Waals surface area (Å²) in [4.78, 5) is 11.4. The van der Waals surface area contributed by atoms with Gasteiger partial charge in [0.25, 0.3) is 0 Å². The van der Waals surface area contributed by atoms with Crippen molar-refractivity contribution in [1.29, 1.82) is 0 Å². The van der Waals surface area contributed by atoms with Crippen LogP contribution in [0.15, 0.2) is 42.5 Å². The molecule has 27 heavy (non-hydrogen) atoms. The van der Waals surface area contributed by atoms with Crippen molar-refractivity contribution in [2.45, 2.75) is 44.7 Å². The van der Waals surface area contributed by atoms with E-state index >= 15 is 4.39 Å². The lowest BCUT2D eigenvalue weighted by Gasteiger charge is -2.26. The Morgan fingerprint density at radius 1 is 1.30 bits per heavy atom. The van der Waals surface area contributed by atoms with Gasteiger partial charge in [-0.2, -0.15) is 0 Å². The molecule has 0 aromatic heterocycles. The Balaban J connectivity index is 1.85. The van der Waals surface area contributed by atoms with Gasteiger partial charge < -0.3 is 15.8 Å². The first-order chi connectivity index (χ1) is 13.0. The van der Waals surface area contributed by atoms with Gasteiger partial charge in [-0.15, -0.1) is 0 Å². The van der Waals surface area contributed by atoms with E-state index in [4.69, 9.17) is 22.1 Å². The second-order valence-electron chi connectivity index (χ2n) is 6.94. The Labute approximate surface area is 163 Å². The highest BCUT2D eigenvalue weighted by atomic mass is 35.5. The summed E-state index contributed by atoms with van der Waals surface area (Å²) < 4.78 is 20.9. The van der Waals surface area contributed by atoms with Crippen molar-refractivity contribution < 1.29 is 13.9 Å². The molecule has 1 aliphatic rings. The molecule has 1 aliphatic carbocycles. The Morgan fingerprint density at radius 3 is 2.59 bits per heavy atom. The van der Waals surface area contributed by atoms with Crippen molar-refractivity contribution in [1.82, 2.24) is 5.32 Å². The third-order valence-corrected chi connectivity index (χ3v) is 5.15. The fourth-order valence-electron chi connectivity index (χ4n) is 3.28. The number of amides is 1. The molecule has 0 bridgehead atoms. The van der Waals surface area contributed by atoms with Crippen molar-refractivity contribution in [3.8, 4) is 11.5 Å². The maximum atomic E-state index is 15.2. The maximum absolute atomic E-state index is 15.2. The van der Waals surface area contributed by atoms with E-state index < -0.39 is 5.82 Å². The normalized spacial score (nSPS) is 16.0. The number of benzene rings is 2. The average molecular weight is 391 g/mol. The van der Waals surface area contributed by atoms with Crippen molar-refractivity contribution in [3.05, 3.63) is 58.9 Å². The van der Waals surface area contributed by atoms with Crippen molar-refractivity contribution in [2.75, 3.05) is 0 Å². The van der Waals surface area contributed by atoms with Gasteiger partial charge in [-0.25, -0.2) is 4.39 Å². The number of primary amides is 1. The Kier molecular flexibility index (Phi) is 6.34. The molecule has 0 unspecified atom stereocenters. The molecule has 0 heterocycles. The first kappa shape index (κ1) is 19.6. The molecule has 2 aromatic rings. The first-order valence-corrected chi connectivity index (χ1v) is 9.62. The van der Waals surface area contributed by atoms with Crippen LogP contribution in [-0.2, 0) is 4.79 Å². The Morgan fingerprint density at radius 2 is 2.00 bits per heavy atom. The molecule has 2 atom stereocenters. The number of carbonyl (C=O) groups is 1. The van der Waals surface area contributed by atoms with Gasteiger partial charge >= 0.3 is 0 Å². The van der Waals surface area contributed by atoms with E-state index in [2.05, 4.69) is 5.32 Å². The highest BCUT2D eigenvalue weighted by Gasteiger charge is 2.34. The topological polar surface area (TPSA) is 64.3 Å². The summed E-state index contributed by atoms with van der Waals surface area (Å²) in [5, 5.41) is 3.64. The van der Waals surface area contributed by atoms with Crippen LogP contribution >= 0.6 is 11.6 Å². The summed E-state index contributed by atoms with van der Waals surface area (Å²) in [6.07, 6.45) is 3.04. The average Bonchev–Trinajstić information content (AvgIpc) is 3.48. The van der Waals surface area contributed by atoms with Crippen molar-refractivity contribution in [2.24, 2.45) is 11.7 Å². The Hall–Kier alpha value is -2.11. The van der Waals surface area contributed by atoms with Crippen LogP contribution in [0.1, 0.15) is 44.2 Å². The molecule has 4 nitrogen and oxygen atoms in total. The number of rotatable bonds is 9. The number of ether oxygens (including phenoxy) is 1. The van der Waals surface area contributed by atoms with E-state index in [1.165, 1.54) is 0 Å². The molecule has 0 spiro atoms. The molecule has 1 amide bonds. The summed E-state index contributed by atoms with van der Waals surface area (Å²) in [6.45, 7) is 1.97. The number of nitrogens with two attached hydrogens (primary N) is 1. The quantitative estimate of drug-likeness (QED) is 0.635. The highest BCUT2D eigenvalue weighted by molar-refractivity contribution is 6.32. The van der Waals surface area contributed by atoms with Gasteiger partial charge in [0.1, 0.15) is 5.75 Å². The SMILES string of the molecule is CC[C@@H](N[C@@H](CC(N)=O)C1CC1)c1ccc(Cl)c(Oc2ccccc2)c1F. The molecule has 3 N–H and O–H groups in total. The minimum Gasteiger partial charge on any atom is -0.453 e. The lowest BCUT2D eigenvalue weighted by Crippen LogP contribution is -2.38. The maximum Gasteiger partial charge on any atom is 0.218 e. The van der Waals surface area contributed by atoms with E-state index in [1.807, 2.05) is 25.1 Å². The fourth-order valence-corrected chi connectivity index (χ4v) is 3.46. The molecule has 144 valence electrons. The van der Waals surface area contributed by atoms with Gasteiger partial charge in [-0.3, -0.25) is 4.79 Å². The second kappa shape index (κ2) is 8.72. The summed E-state index contributed by atoms with van der Waals surface area (Å²) >= 11 is 6.19. The van der Waals surface area contributed by atoms with Crippen LogP contribution in [0.3, 0.4) is 0 Å². The largest absolute Gasteiger partial charge is 0.453 e. The highest BCUT2D eigenvalue weighted by Crippen LogP contribution is 2.39. The molecule has 1 saturated carbocycles. The number of para-hydroxylation sites is 1. The van der Waals surface area contributed by atoms with Crippen LogP contribution in [0.2, 0.25) is 5.02 Å². The lowest BCUT2D eigenvalue weighted by molar-refractivity contribution is -0.118. The molecule has 2 aromatic carbocycles. The van der Waals surface area contributed by atoms with Crippen molar-refractivity contribution in [3.63, 3.8) is 0 Å². The van der Waals surface area contributed by atoms with Crippen LogP contribution in [0.4, 0.5) is 4.39 Å². The summed E-state index contributed by atoms with van der Waals surface area (Å²) in [6, 6.07) is 12.0. The lowest BCUT2D eigenvalue weighted by atomic mass is 9.99. The Bertz CT molecular complexity index is 796. The van der Waals surface area contributed by atoms with Crippen LogP contribution in [-0.4, -0.2) is 11.9 Å². The number of carbonyl (C=O) groups excluding carboxylic acids is 1. The molecule has 1 fully saturated rings. The van der Waals surface area contributed by atoms with Crippen molar-refractivity contribution >= 4 is 17.5 Å². The van der Waals surface area contributed by atoms with Gasteiger partial charge in [-0.05, 0) is 43.4 Å². The smallest absolute Gasteiger partial charge is 0.218 e. The molecule has 3 rings (SSSR count). The molecule has 0 radical (unpaired) electrons. The molecule has 0 aliphatic heterocycles. The molecular weight excluding hydrogens is 367 g/mol. The van der Waals surface area contributed by atoms with Gasteiger partial charge in [-0.1, -0.05) is 42.8 Å². The van der Waals surface area contributed by atoms with E-state index in [0.717, 1.165) is 12.8 Å². The zero-order chi connectivity index (χ0) is 19.4. The monoisotopic (exact) mass is 390 g/mol. The van der Waals surface area contributed by atoms with Crippen LogP contribution in [0, 0.1) is 11.7 Å². The van der Waals surface area contributed by atoms with Crippen LogP contribution in [0.25, 0.3) is 0 Å².